The van der Waals surface area contributed by atoms with Gasteiger partial charge >= 0.3 is 5.97 Å². The molecule has 3 aromatic rings. The van der Waals surface area contributed by atoms with Crippen molar-refractivity contribution in [3.8, 4) is 22.6 Å². The number of ether oxygens (including phenoxy) is 3. The number of carboxylic acids is 1. The number of hydrogen-bond donors (Lipinski definition) is 1. The van der Waals surface area contributed by atoms with Crippen molar-refractivity contribution >= 4 is 11.5 Å². The quantitative estimate of drug-likeness (QED) is 0.644. The molecule has 0 bridgehead atoms. The van der Waals surface area contributed by atoms with E-state index in [1.54, 1.807) is 20.3 Å². The molecule has 7 nitrogen and oxygen atoms in total. The van der Waals surface area contributed by atoms with Gasteiger partial charge in [0.05, 0.1) is 33.0 Å². The van der Waals surface area contributed by atoms with Crippen LogP contribution in [0.4, 0.5) is 0 Å². The number of nitrogens with zero attached hydrogens (tertiary/aromatic N) is 2. The Morgan fingerprint density at radius 1 is 1.13 bits per heavy atom. The number of morpholine rings is 1. The van der Waals surface area contributed by atoms with E-state index >= 15 is 0 Å². The minimum Gasteiger partial charge on any atom is -0.497 e. The van der Waals surface area contributed by atoms with Gasteiger partial charge in [0.1, 0.15) is 11.5 Å². The van der Waals surface area contributed by atoms with E-state index in [0.717, 1.165) is 46.7 Å². The Labute approximate surface area is 181 Å². The van der Waals surface area contributed by atoms with Crippen LogP contribution in [0.5, 0.6) is 11.5 Å². The fraction of sp³-hybridized carbons (Fsp3) is 0.375. The van der Waals surface area contributed by atoms with Crippen LogP contribution in [0.15, 0.2) is 36.5 Å². The Hall–Kier alpha value is -3.03. The lowest BCUT2D eigenvalue weighted by Crippen LogP contribution is -2.39. The first-order valence-corrected chi connectivity index (χ1v) is 10.4. The average molecular weight is 424 g/mol. The lowest BCUT2D eigenvalue weighted by molar-refractivity contribution is 0.0187. The fourth-order valence-electron chi connectivity index (χ4n) is 4.43. The van der Waals surface area contributed by atoms with Crippen molar-refractivity contribution in [3.05, 3.63) is 53.3 Å². The Morgan fingerprint density at radius 2 is 1.87 bits per heavy atom. The van der Waals surface area contributed by atoms with Crippen molar-refractivity contribution in [1.82, 2.24) is 9.30 Å². The van der Waals surface area contributed by atoms with Gasteiger partial charge in [0.25, 0.3) is 0 Å². The van der Waals surface area contributed by atoms with Gasteiger partial charge in [-0.1, -0.05) is 0 Å². The molecule has 1 aliphatic heterocycles. The third-order valence-corrected chi connectivity index (χ3v) is 6.13. The molecule has 0 radical (unpaired) electrons. The van der Waals surface area contributed by atoms with Crippen molar-refractivity contribution in [2.75, 3.05) is 40.5 Å². The molecule has 31 heavy (non-hydrogen) atoms. The number of carbonyl (C=O) groups is 1. The highest BCUT2D eigenvalue weighted by atomic mass is 16.5. The summed E-state index contributed by atoms with van der Waals surface area (Å²) in [5.41, 5.74) is 4.81. The van der Waals surface area contributed by atoms with Crippen LogP contribution in [-0.4, -0.2) is 60.9 Å². The smallest absolute Gasteiger partial charge is 0.336 e. The van der Waals surface area contributed by atoms with Gasteiger partial charge < -0.3 is 23.7 Å². The molecule has 1 fully saturated rings. The highest BCUT2D eigenvalue weighted by Gasteiger charge is 2.25. The van der Waals surface area contributed by atoms with Gasteiger partial charge in [-0.2, -0.15) is 0 Å². The molecule has 0 spiro atoms. The molecular formula is C24H28N2O5. The molecule has 1 unspecified atom stereocenters. The minimum absolute atomic E-state index is 0.0451. The molecule has 1 aromatic carbocycles. The number of methoxy groups -OCH3 is 2. The van der Waals surface area contributed by atoms with E-state index in [1.165, 1.54) is 0 Å². The maximum absolute atomic E-state index is 12.0. The second-order valence-corrected chi connectivity index (χ2v) is 7.79. The van der Waals surface area contributed by atoms with E-state index in [0.29, 0.717) is 24.5 Å². The van der Waals surface area contributed by atoms with Crippen LogP contribution in [0.1, 0.15) is 34.6 Å². The van der Waals surface area contributed by atoms with E-state index in [1.807, 2.05) is 31.2 Å². The number of rotatable bonds is 6. The third kappa shape index (κ3) is 3.86. The van der Waals surface area contributed by atoms with Crippen LogP contribution in [0.3, 0.4) is 0 Å². The van der Waals surface area contributed by atoms with Gasteiger partial charge in [0.15, 0.2) is 0 Å². The summed E-state index contributed by atoms with van der Waals surface area (Å²) in [6.07, 6.45) is 2.06. The largest absolute Gasteiger partial charge is 0.497 e. The molecular weight excluding hydrogens is 396 g/mol. The van der Waals surface area contributed by atoms with Crippen molar-refractivity contribution in [2.24, 2.45) is 0 Å². The topological polar surface area (TPSA) is 72.6 Å². The number of benzene rings is 1. The monoisotopic (exact) mass is 424 g/mol. The molecule has 0 aliphatic carbocycles. The molecule has 7 heteroatoms. The average Bonchev–Trinajstić information content (AvgIpc) is 3.21. The van der Waals surface area contributed by atoms with E-state index in [-0.39, 0.29) is 6.04 Å². The maximum atomic E-state index is 12.0. The summed E-state index contributed by atoms with van der Waals surface area (Å²) in [4.78, 5) is 14.3. The Morgan fingerprint density at radius 3 is 2.52 bits per heavy atom. The molecule has 164 valence electrons. The summed E-state index contributed by atoms with van der Waals surface area (Å²) in [5, 5.41) is 9.83. The van der Waals surface area contributed by atoms with Gasteiger partial charge in [0.2, 0.25) is 0 Å². The second-order valence-electron chi connectivity index (χ2n) is 7.79. The molecule has 4 rings (SSSR count). The summed E-state index contributed by atoms with van der Waals surface area (Å²) in [6.45, 7) is 7.03. The molecule has 3 heterocycles. The van der Waals surface area contributed by atoms with Crippen LogP contribution in [0, 0.1) is 6.92 Å². The summed E-state index contributed by atoms with van der Waals surface area (Å²) < 4.78 is 18.5. The highest BCUT2D eigenvalue weighted by Crippen LogP contribution is 2.37. The molecule has 1 saturated heterocycles. The van der Waals surface area contributed by atoms with E-state index < -0.39 is 5.97 Å². The Bertz CT molecular complexity index is 1110. The van der Waals surface area contributed by atoms with Gasteiger partial charge in [-0.15, -0.1) is 0 Å². The van der Waals surface area contributed by atoms with Crippen LogP contribution in [0.25, 0.3) is 16.6 Å². The van der Waals surface area contributed by atoms with E-state index in [4.69, 9.17) is 14.2 Å². The first kappa shape index (κ1) is 21.2. The minimum atomic E-state index is -0.916. The van der Waals surface area contributed by atoms with E-state index in [9.17, 15) is 9.90 Å². The zero-order chi connectivity index (χ0) is 22.1. The SMILES string of the molecule is COc1ccc(-c2cc3cc(C(=O)O)c(C)c(C(C)N4CCOCC4)n3c2)c(OC)c1. The Kier molecular flexibility index (Phi) is 5.89. The predicted molar refractivity (Wildman–Crippen MR) is 118 cm³/mol. The first-order chi connectivity index (χ1) is 14.9. The number of aromatic carboxylic acids is 1. The van der Waals surface area contributed by atoms with Crippen LogP contribution in [-0.2, 0) is 4.74 Å². The maximum Gasteiger partial charge on any atom is 0.336 e. The van der Waals surface area contributed by atoms with Crippen LogP contribution >= 0.6 is 0 Å². The van der Waals surface area contributed by atoms with E-state index in [2.05, 4.69) is 22.4 Å². The summed E-state index contributed by atoms with van der Waals surface area (Å²) >= 11 is 0. The number of fused-ring (bicyclic) bond motifs is 1. The molecule has 1 atom stereocenters. The number of carboxylic acid groups (broad SMARTS) is 1. The van der Waals surface area contributed by atoms with Gasteiger partial charge in [-0.3, -0.25) is 4.90 Å². The zero-order valence-electron chi connectivity index (χ0n) is 18.3. The molecule has 1 aliphatic rings. The number of hydrogen-bond acceptors (Lipinski definition) is 5. The van der Waals surface area contributed by atoms with Gasteiger partial charge in [0, 0.05) is 53.7 Å². The summed E-state index contributed by atoms with van der Waals surface area (Å²) in [7, 11) is 3.25. The third-order valence-electron chi connectivity index (χ3n) is 6.13. The standard InChI is InChI=1S/C24H28N2O5/c1-15-21(24(27)28)12-18-11-17(20-6-5-19(29-3)13-22(20)30-4)14-26(18)23(15)16(2)25-7-9-31-10-8-25/h5-6,11-14,16H,7-10H2,1-4H3,(H,27,28). The number of pyridine rings is 1. The predicted octanol–water partition coefficient (Wildman–Crippen LogP) is 4.02. The molecule has 2 aromatic heterocycles. The highest BCUT2D eigenvalue weighted by molar-refractivity contribution is 5.92. The molecule has 1 N–H and O–H groups in total. The fourth-order valence-corrected chi connectivity index (χ4v) is 4.43. The second kappa shape index (κ2) is 8.61. The Balaban J connectivity index is 1.90. The van der Waals surface area contributed by atoms with Gasteiger partial charge in [-0.25, -0.2) is 4.79 Å². The summed E-state index contributed by atoms with van der Waals surface area (Å²) in [6, 6.07) is 9.50. The van der Waals surface area contributed by atoms with Crippen molar-refractivity contribution in [2.45, 2.75) is 19.9 Å². The normalized spacial score (nSPS) is 15.7. The molecule has 0 saturated carbocycles. The zero-order valence-corrected chi connectivity index (χ0v) is 18.3. The van der Waals surface area contributed by atoms with Crippen molar-refractivity contribution in [1.29, 1.82) is 0 Å². The van der Waals surface area contributed by atoms with Crippen molar-refractivity contribution < 1.29 is 24.1 Å². The molecule has 0 amide bonds. The number of aromatic nitrogens is 1. The van der Waals surface area contributed by atoms with Gasteiger partial charge in [-0.05, 0) is 43.7 Å². The lowest BCUT2D eigenvalue weighted by atomic mass is 10.0. The van der Waals surface area contributed by atoms with Crippen LogP contribution in [0.2, 0.25) is 0 Å². The first-order valence-electron chi connectivity index (χ1n) is 10.4. The lowest BCUT2D eigenvalue weighted by Gasteiger charge is -2.34. The summed E-state index contributed by atoms with van der Waals surface area (Å²) in [5.74, 6) is 0.503. The van der Waals surface area contributed by atoms with Crippen molar-refractivity contribution in [3.63, 3.8) is 0 Å². The van der Waals surface area contributed by atoms with Crippen LogP contribution < -0.4 is 9.47 Å².